The number of rotatable bonds is 10. The van der Waals surface area contributed by atoms with Crippen LogP contribution in [0.2, 0.25) is 0 Å². The first kappa shape index (κ1) is 23.8. The Kier molecular flexibility index (Phi) is 8.68. The Morgan fingerprint density at radius 1 is 1.45 bits per heavy atom. The third kappa shape index (κ3) is 6.03. The summed E-state index contributed by atoms with van der Waals surface area (Å²) < 4.78 is 40.2. The summed E-state index contributed by atoms with van der Waals surface area (Å²) in [6, 6.07) is 0. The number of aliphatic hydroxyl groups is 1. The first-order valence-electron chi connectivity index (χ1n) is 10.8. The van der Waals surface area contributed by atoms with Crippen LogP contribution in [0, 0.1) is 17.8 Å². The standard InChI is InChI=1S/C23H36F2O4/c1-5-6-13-23(3,25)19(26)12-11-16-15(2)14-18-21(16)22(24)17(29-18)9-7-8-10-20(27)28-4/h9,11-12,15-16,18-19,21-22,26H,5-8,10,13-14H2,1-4H3/t15-,16+,18+,19-,21-,22?,23?/m1/s1. The van der Waals surface area contributed by atoms with Gasteiger partial charge in [0.1, 0.15) is 23.6 Å². The van der Waals surface area contributed by atoms with E-state index in [1.165, 1.54) is 20.1 Å². The summed E-state index contributed by atoms with van der Waals surface area (Å²) in [7, 11) is 1.35. The molecule has 1 aliphatic heterocycles. The number of allylic oxidation sites excluding steroid dienone is 3. The van der Waals surface area contributed by atoms with Crippen LogP contribution in [-0.4, -0.2) is 42.2 Å². The molecule has 0 spiro atoms. The van der Waals surface area contributed by atoms with Gasteiger partial charge in [-0.05, 0) is 50.5 Å². The minimum Gasteiger partial charge on any atom is -0.492 e. The third-order valence-electron chi connectivity index (χ3n) is 6.34. The predicted octanol–water partition coefficient (Wildman–Crippen LogP) is 5.06. The quantitative estimate of drug-likeness (QED) is 0.308. The lowest BCUT2D eigenvalue weighted by molar-refractivity contribution is -0.140. The summed E-state index contributed by atoms with van der Waals surface area (Å²) >= 11 is 0. The van der Waals surface area contributed by atoms with E-state index < -0.39 is 17.9 Å². The van der Waals surface area contributed by atoms with Crippen LogP contribution in [0.1, 0.15) is 65.7 Å². The summed E-state index contributed by atoms with van der Waals surface area (Å²) in [5.41, 5.74) is -1.68. The predicted molar refractivity (Wildman–Crippen MR) is 109 cm³/mol. The molecular weight excluding hydrogens is 378 g/mol. The zero-order valence-electron chi connectivity index (χ0n) is 18.1. The van der Waals surface area contributed by atoms with Crippen molar-refractivity contribution in [3.05, 3.63) is 24.0 Å². The Labute approximate surface area is 173 Å². The topological polar surface area (TPSA) is 55.8 Å². The molecule has 1 heterocycles. The van der Waals surface area contributed by atoms with Crippen molar-refractivity contribution >= 4 is 5.97 Å². The van der Waals surface area contributed by atoms with Crippen LogP contribution in [0.5, 0.6) is 0 Å². The Morgan fingerprint density at radius 3 is 2.83 bits per heavy atom. The van der Waals surface area contributed by atoms with Crippen molar-refractivity contribution in [1.29, 1.82) is 0 Å². The van der Waals surface area contributed by atoms with Crippen LogP contribution in [0.15, 0.2) is 24.0 Å². The Morgan fingerprint density at radius 2 is 2.17 bits per heavy atom. The molecule has 7 atom stereocenters. The van der Waals surface area contributed by atoms with E-state index in [9.17, 15) is 14.3 Å². The second-order valence-electron chi connectivity index (χ2n) is 8.71. The Hall–Kier alpha value is -1.43. The van der Waals surface area contributed by atoms with Crippen molar-refractivity contribution in [1.82, 2.24) is 0 Å². The highest BCUT2D eigenvalue weighted by Gasteiger charge is 2.52. The Balaban J connectivity index is 1.98. The monoisotopic (exact) mass is 414 g/mol. The van der Waals surface area contributed by atoms with E-state index in [-0.39, 0.29) is 29.8 Å². The molecule has 4 nitrogen and oxygen atoms in total. The van der Waals surface area contributed by atoms with Gasteiger partial charge in [-0.2, -0.15) is 0 Å². The lowest BCUT2D eigenvalue weighted by Crippen LogP contribution is -2.33. The number of fused-ring (bicyclic) bond motifs is 1. The first-order chi connectivity index (χ1) is 13.7. The SMILES string of the molecule is CCCCC(C)(F)[C@H](O)C=C[C@@H]1[C@H]2C(F)C(=CCCCC(=O)OC)O[C@H]2C[C@H]1C. The van der Waals surface area contributed by atoms with Crippen molar-refractivity contribution in [3.63, 3.8) is 0 Å². The number of hydrogen-bond donors (Lipinski definition) is 1. The van der Waals surface area contributed by atoms with Gasteiger partial charge in [0.05, 0.1) is 7.11 Å². The fourth-order valence-electron chi connectivity index (χ4n) is 4.42. The molecule has 1 aliphatic carbocycles. The average molecular weight is 415 g/mol. The zero-order valence-corrected chi connectivity index (χ0v) is 18.1. The van der Waals surface area contributed by atoms with E-state index in [0.717, 1.165) is 12.8 Å². The number of hydrogen-bond acceptors (Lipinski definition) is 4. The van der Waals surface area contributed by atoms with Crippen molar-refractivity contribution in [2.75, 3.05) is 7.11 Å². The zero-order chi connectivity index (χ0) is 21.6. The van der Waals surface area contributed by atoms with E-state index in [1.807, 2.05) is 13.8 Å². The number of ether oxygens (including phenoxy) is 2. The number of carbonyl (C=O) groups is 1. The van der Waals surface area contributed by atoms with Gasteiger partial charge >= 0.3 is 5.97 Å². The number of methoxy groups -OCH3 is 1. The van der Waals surface area contributed by atoms with Crippen LogP contribution in [0.4, 0.5) is 8.78 Å². The van der Waals surface area contributed by atoms with Gasteiger partial charge in [-0.1, -0.05) is 38.8 Å². The normalized spacial score (nSPS) is 33.5. The fraction of sp³-hybridized carbons (Fsp3) is 0.783. The summed E-state index contributed by atoms with van der Waals surface area (Å²) in [5.74, 6) is -0.154. The van der Waals surface area contributed by atoms with Crippen LogP contribution in [0.25, 0.3) is 0 Å². The maximum Gasteiger partial charge on any atom is 0.305 e. The van der Waals surface area contributed by atoms with Gasteiger partial charge in [-0.25, -0.2) is 8.78 Å². The number of carbonyl (C=O) groups excluding carboxylic acids is 1. The molecule has 166 valence electrons. The van der Waals surface area contributed by atoms with Gasteiger partial charge in [0, 0.05) is 12.3 Å². The Bertz CT molecular complexity index is 602. The third-order valence-corrected chi connectivity index (χ3v) is 6.34. The summed E-state index contributed by atoms with van der Waals surface area (Å²) in [4.78, 5) is 11.2. The highest BCUT2D eigenvalue weighted by atomic mass is 19.1. The van der Waals surface area contributed by atoms with Gasteiger partial charge in [0.15, 0.2) is 6.17 Å². The molecule has 2 unspecified atom stereocenters. The number of alkyl halides is 2. The van der Waals surface area contributed by atoms with E-state index in [1.54, 1.807) is 12.2 Å². The fourth-order valence-corrected chi connectivity index (χ4v) is 4.42. The highest BCUT2D eigenvalue weighted by molar-refractivity contribution is 5.69. The smallest absolute Gasteiger partial charge is 0.305 e. The second-order valence-corrected chi connectivity index (χ2v) is 8.71. The summed E-state index contributed by atoms with van der Waals surface area (Å²) in [6.07, 6.45) is 6.46. The van der Waals surface area contributed by atoms with Crippen LogP contribution in [-0.2, 0) is 14.3 Å². The van der Waals surface area contributed by atoms with E-state index in [0.29, 0.717) is 37.9 Å². The largest absolute Gasteiger partial charge is 0.492 e. The van der Waals surface area contributed by atoms with Gasteiger partial charge in [0.25, 0.3) is 0 Å². The average Bonchev–Trinajstić information content (AvgIpc) is 3.16. The van der Waals surface area contributed by atoms with Crippen molar-refractivity contribution in [2.45, 2.75) is 89.8 Å². The lowest BCUT2D eigenvalue weighted by atomic mass is 9.85. The molecule has 2 aliphatic rings. The molecule has 0 bridgehead atoms. The molecule has 2 fully saturated rings. The van der Waals surface area contributed by atoms with Gasteiger partial charge in [0.2, 0.25) is 0 Å². The second kappa shape index (κ2) is 10.6. The number of halogens is 2. The van der Waals surface area contributed by atoms with Crippen molar-refractivity contribution in [2.24, 2.45) is 17.8 Å². The lowest BCUT2D eigenvalue weighted by Gasteiger charge is -2.25. The van der Waals surface area contributed by atoms with E-state index in [4.69, 9.17) is 4.74 Å². The molecule has 1 saturated carbocycles. The minimum absolute atomic E-state index is 0.104. The number of esters is 1. The molecule has 1 N–H and O–H groups in total. The van der Waals surface area contributed by atoms with Crippen LogP contribution < -0.4 is 0 Å². The molecule has 0 aromatic carbocycles. The van der Waals surface area contributed by atoms with E-state index >= 15 is 4.39 Å². The molecule has 0 aromatic rings. The maximum absolute atomic E-state index is 15.1. The van der Waals surface area contributed by atoms with Crippen molar-refractivity contribution < 1.29 is 28.2 Å². The van der Waals surface area contributed by atoms with Gasteiger partial charge < -0.3 is 14.6 Å². The molecular formula is C23H36F2O4. The number of aliphatic hydroxyl groups excluding tert-OH is 1. The van der Waals surface area contributed by atoms with Crippen molar-refractivity contribution in [3.8, 4) is 0 Å². The molecule has 0 aromatic heterocycles. The molecule has 1 saturated heterocycles. The number of unbranched alkanes of at least 4 members (excludes halogenated alkanes) is 2. The molecule has 0 radical (unpaired) electrons. The van der Waals surface area contributed by atoms with Crippen LogP contribution in [0.3, 0.4) is 0 Å². The van der Waals surface area contributed by atoms with Crippen LogP contribution >= 0.6 is 0 Å². The molecule has 6 heteroatoms. The van der Waals surface area contributed by atoms with Gasteiger partial charge in [-0.3, -0.25) is 4.79 Å². The molecule has 2 rings (SSSR count). The maximum atomic E-state index is 15.1. The minimum atomic E-state index is -1.68. The molecule has 0 amide bonds. The molecule has 29 heavy (non-hydrogen) atoms. The first-order valence-corrected chi connectivity index (χ1v) is 10.8. The van der Waals surface area contributed by atoms with Gasteiger partial charge in [-0.15, -0.1) is 0 Å². The summed E-state index contributed by atoms with van der Waals surface area (Å²) in [5, 5.41) is 10.3. The van der Waals surface area contributed by atoms with E-state index in [2.05, 4.69) is 4.74 Å². The highest BCUT2D eigenvalue weighted by Crippen LogP contribution is 2.49. The summed E-state index contributed by atoms with van der Waals surface area (Å²) in [6.45, 7) is 5.45.